The van der Waals surface area contributed by atoms with Crippen molar-refractivity contribution in [2.75, 3.05) is 19.7 Å². The van der Waals surface area contributed by atoms with Crippen LogP contribution < -0.4 is 11.5 Å². The molecule has 1 aliphatic heterocycles. The Morgan fingerprint density at radius 1 is 1.33 bits per heavy atom. The van der Waals surface area contributed by atoms with Crippen LogP contribution in [0.2, 0.25) is 0 Å². The maximum absolute atomic E-state index is 12.2. The van der Waals surface area contributed by atoms with Crippen LogP contribution in [0.3, 0.4) is 0 Å². The van der Waals surface area contributed by atoms with Crippen LogP contribution in [0, 0.1) is 0 Å². The summed E-state index contributed by atoms with van der Waals surface area (Å²) in [7, 11) is 0. The Morgan fingerprint density at radius 2 is 2.05 bits per heavy atom. The maximum Gasteiger partial charge on any atom is 0.248 e. The zero-order valence-electron chi connectivity index (χ0n) is 11.9. The average molecular weight is 291 g/mol. The molecule has 0 spiro atoms. The second kappa shape index (κ2) is 7.19. The third-order valence-electron chi connectivity index (χ3n) is 3.63. The minimum atomic E-state index is -0.703. The van der Waals surface area contributed by atoms with Crippen LogP contribution in [0.1, 0.15) is 24.4 Å². The lowest BCUT2D eigenvalue weighted by Gasteiger charge is -2.31. The summed E-state index contributed by atoms with van der Waals surface area (Å²) in [5.41, 5.74) is 12.3. The van der Waals surface area contributed by atoms with E-state index >= 15 is 0 Å². The summed E-state index contributed by atoms with van der Waals surface area (Å²) in [6.07, 6.45) is 0.216. The van der Waals surface area contributed by atoms with Gasteiger partial charge in [0.25, 0.3) is 0 Å². The average Bonchev–Trinajstić information content (AvgIpc) is 2.53. The number of amides is 2. The van der Waals surface area contributed by atoms with Gasteiger partial charge in [-0.15, -0.1) is 0 Å². The zero-order valence-corrected chi connectivity index (χ0v) is 11.9. The van der Waals surface area contributed by atoms with Crippen molar-refractivity contribution in [1.82, 2.24) is 4.90 Å². The van der Waals surface area contributed by atoms with E-state index in [0.717, 1.165) is 5.56 Å². The van der Waals surface area contributed by atoms with Crippen molar-refractivity contribution in [3.05, 3.63) is 35.9 Å². The number of primary amides is 1. The molecular formula is C15H21N3O3. The summed E-state index contributed by atoms with van der Waals surface area (Å²) in [6, 6.07) is 9.52. The number of ether oxygens (including phenoxy) is 1. The predicted octanol–water partition coefficient (Wildman–Crippen LogP) is 0.179. The second-order valence-corrected chi connectivity index (χ2v) is 5.16. The normalized spacial score (nSPS) is 20.0. The summed E-state index contributed by atoms with van der Waals surface area (Å²) < 4.78 is 5.22. The fourth-order valence-electron chi connectivity index (χ4n) is 2.35. The molecule has 0 aromatic heterocycles. The molecule has 0 aliphatic carbocycles. The first-order chi connectivity index (χ1) is 10.1. The van der Waals surface area contributed by atoms with Crippen LogP contribution in [0.4, 0.5) is 0 Å². The molecule has 2 rings (SSSR count). The molecule has 6 nitrogen and oxygen atoms in total. The highest BCUT2D eigenvalue weighted by Gasteiger charge is 2.27. The molecule has 21 heavy (non-hydrogen) atoms. The lowest BCUT2D eigenvalue weighted by molar-refractivity contribution is -0.145. The monoisotopic (exact) mass is 291 g/mol. The van der Waals surface area contributed by atoms with Crippen LogP contribution in [0.25, 0.3) is 0 Å². The Balaban J connectivity index is 1.83. The van der Waals surface area contributed by atoms with Gasteiger partial charge in [0.1, 0.15) is 0 Å². The smallest absolute Gasteiger partial charge is 0.248 e. The molecule has 2 amide bonds. The van der Waals surface area contributed by atoms with E-state index in [4.69, 9.17) is 16.2 Å². The third-order valence-corrected chi connectivity index (χ3v) is 3.63. The predicted molar refractivity (Wildman–Crippen MR) is 78.1 cm³/mol. The van der Waals surface area contributed by atoms with E-state index in [1.54, 1.807) is 4.90 Å². The SMILES string of the molecule is NC(=O)[C@@H]1CN(C(=O)CC[C@H](N)c2ccccc2)CCO1. The van der Waals surface area contributed by atoms with Gasteiger partial charge in [0.2, 0.25) is 11.8 Å². The van der Waals surface area contributed by atoms with E-state index in [-0.39, 0.29) is 18.5 Å². The number of benzene rings is 1. The van der Waals surface area contributed by atoms with Crippen molar-refractivity contribution in [1.29, 1.82) is 0 Å². The quantitative estimate of drug-likeness (QED) is 0.808. The van der Waals surface area contributed by atoms with Crippen molar-refractivity contribution < 1.29 is 14.3 Å². The summed E-state index contributed by atoms with van der Waals surface area (Å²) in [5.74, 6) is -0.551. The molecule has 1 aromatic carbocycles. The molecule has 0 saturated carbocycles. The van der Waals surface area contributed by atoms with Gasteiger partial charge in [0.15, 0.2) is 6.10 Å². The molecule has 0 radical (unpaired) electrons. The molecule has 1 aliphatic rings. The van der Waals surface area contributed by atoms with Gasteiger partial charge < -0.3 is 21.1 Å². The van der Waals surface area contributed by atoms with Gasteiger partial charge in [-0.1, -0.05) is 30.3 Å². The Kier molecular flexibility index (Phi) is 5.30. The minimum absolute atomic E-state index is 0.0177. The largest absolute Gasteiger partial charge is 0.367 e. The molecule has 0 unspecified atom stereocenters. The van der Waals surface area contributed by atoms with Crippen LogP contribution in [0.5, 0.6) is 0 Å². The molecule has 1 heterocycles. The Hall–Kier alpha value is -1.92. The maximum atomic E-state index is 12.2. The number of carbonyl (C=O) groups is 2. The molecule has 1 fully saturated rings. The van der Waals surface area contributed by atoms with E-state index in [2.05, 4.69) is 0 Å². The van der Waals surface area contributed by atoms with Crippen molar-refractivity contribution in [2.45, 2.75) is 25.0 Å². The third kappa shape index (κ3) is 4.27. The molecular weight excluding hydrogens is 270 g/mol. The Labute approximate surface area is 124 Å². The zero-order chi connectivity index (χ0) is 15.2. The van der Waals surface area contributed by atoms with Gasteiger partial charge in [-0.2, -0.15) is 0 Å². The van der Waals surface area contributed by atoms with Gasteiger partial charge in [-0.3, -0.25) is 9.59 Å². The minimum Gasteiger partial charge on any atom is -0.367 e. The molecule has 0 bridgehead atoms. The lowest BCUT2D eigenvalue weighted by atomic mass is 10.0. The van der Waals surface area contributed by atoms with Gasteiger partial charge in [0, 0.05) is 19.0 Å². The van der Waals surface area contributed by atoms with Gasteiger partial charge in [-0.25, -0.2) is 0 Å². The molecule has 1 aromatic rings. The van der Waals surface area contributed by atoms with Crippen LogP contribution in [-0.2, 0) is 14.3 Å². The summed E-state index contributed by atoms with van der Waals surface area (Å²) in [4.78, 5) is 24.9. The van der Waals surface area contributed by atoms with E-state index in [1.165, 1.54) is 0 Å². The molecule has 114 valence electrons. The number of hydrogen-bond donors (Lipinski definition) is 2. The summed E-state index contributed by atoms with van der Waals surface area (Å²) >= 11 is 0. The van der Waals surface area contributed by atoms with E-state index in [0.29, 0.717) is 26.0 Å². The van der Waals surface area contributed by atoms with Crippen LogP contribution >= 0.6 is 0 Å². The highest BCUT2D eigenvalue weighted by molar-refractivity contribution is 5.81. The van der Waals surface area contributed by atoms with Crippen molar-refractivity contribution in [2.24, 2.45) is 11.5 Å². The molecule has 1 saturated heterocycles. The number of nitrogens with two attached hydrogens (primary N) is 2. The standard InChI is InChI=1S/C15H21N3O3/c16-12(11-4-2-1-3-5-11)6-7-14(19)18-8-9-21-13(10-18)15(17)20/h1-5,12-13H,6-10,16H2,(H2,17,20)/t12-,13-/m0/s1. The number of hydrogen-bond acceptors (Lipinski definition) is 4. The van der Waals surface area contributed by atoms with Gasteiger partial charge in [-0.05, 0) is 12.0 Å². The highest BCUT2D eigenvalue weighted by Crippen LogP contribution is 2.16. The molecule has 4 N–H and O–H groups in total. The number of carbonyl (C=O) groups excluding carboxylic acids is 2. The summed E-state index contributed by atoms with van der Waals surface area (Å²) in [5, 5.41) is 0. The Bertz CT molecular complexity index is 492. The number of nitrogens with zero attached hydrogens (tertiary/aromatic N) is 1. The fraction of sp³-hybridized carbons (Fsp3) is 0.467. The first-order valence-corrected chi connectivity index (χ1v) is 7.07. The van der Waals surface area contributed by atoms with Crippen molar-refractivity contribution in [3.8, 4) is 0 Å². The highest BCUT2D eigenvalue weighted by atomic mass is 16.5. The van der Waals surface area contributed by atoms with Crippen LogP contribution in [0.15, 0.2) is 30.3 Å². The van der Waals surface area contributed by atoms with Gasteiger partial charge >= 0.3 is 0 Å². The molecule has 6 heteroatoms. The second-order valence-electron chi connectivity index (χ2n) is 5.16. The lowest BCUT2D eigenvalue weighted by Crippen LogP contribution is -2.50. The van der Waals surface area contributed by atoms with E-state index < -0.39 is 12.0 Å². The van der Waals surface area contributed by atoms with Gasteiger partial charge in [0.05, 0.1) is 13.2 Å². The van der Waals surface area contributed by atoms with E-state index in [1.807, 2.05) is 30.3 Å². The van der Waals surface area contributed by atoms with E-state index in [9.17, 15) is 9.59 Å². The molecule has 2 atom stereocenters. The first kappa shape index (κ1) is 15.5. The first-order valence-electron chi connectivity index (χ1n) is 7.07. The van der Waals surface area contributed by atoms with Crippen molar-refractivity contribution in [3.63, 3.8) is 0 Å². The Morgan fingerprint density at radius 3 is 2.71 bits per heavy atom. The van der Waals surface area contributed by atoms with Crippen LogP contribution in [-0.4, -0.2) is 42.5 Å². The van der Waals surface area contributed by atoms with Crippen molar-refractivity contribution >= 4 is 11.8 Å². The topological polar surface area (TPSA) is 98.7 Å². The number of morpholine rings is 1. The summed E-state index contributed by atoms with van der Waals surface area (Å²) in [6.45, 7) is 1.06. The fourth-order valence-corrected chi connectivity index (χ4v) is 2.35. The number of rotatable bonds is 5.